The summed E-state index contributed by atoms with van der Waals surface area (Å²) in [7, 11) is -3.57. The number of sulfone groups is 1. The Morgan fingerprint density at radius 2 is 1.85 bits per heavy atom. The standard InChI is InChI=1S/C8H7NO3S/c1-9-7-2-4-8(5-3-7)13(11,12)6-10/h2-5,10H,6H2. The van der Waals surface area contributed by atoms with Crippen LogP contribution in [-0.4, -0.2) is 19.5 Å². The van der Waals surface area contributed by atoms with Crippen molar-refractivity contribution in [1.29, 1.82) is 0 Å². The van der Waals surface area contributed by atoms with Gasteiger partial charge in [0.15, 0.2) is 5.69 Å². The Morgan fingerprint density at radius 3 is 2.23 bits per heavy atom. The van der Waals surface area contributed by atoms with Crippen molar-refractivity contribution in [2.75, 3.05) is 5.94 Å². The van der Waals surface area contributed by atoms with Crippen molar-refractivity contribution in [2.45, 2.75) is 4.90 Å². The van der Waals surface area contributed by atoms with Crippen LogP contribution in [0.1, 0.15) is 0 Å². The number of benzene rings is 1. The van der Waals surface area contributed by atoms with Crippen LogP contribution in [0.25, 0.3) is 4.85 Å². The van der Waals surface area contributed by atoms with E-state index in [9.17, 15) is 8.42 Å². The Balaban J connectivity index is 3.15. The lowest BCUT2D eigenvalue weighted by Crippen LogP contribution is -2.04. The molecule has 5 heteroatoms. The molecule has 0 saturated carbocycles. The van der Waals surface area contributed by atoms with E-state index in [4.69, 9.17) is 11.7 Å². The highest BCUT2D eigenvalue weighted by Crippen LogP contribution is 2.16. The summed E-state index contributed by atoms with van der Waals surface area (Å²) in [6.45, 7) is 6.64. The molecule has 1 aromatic rings. The average Bonchev–Trinajstić information content (AvgIpc) is 2.18. The highest BCUT2D eigenvalue weighted by molar-refractivity contribution is 7.91. The Morgan fingerprint density at radius 1 is 1.31 bits per heavy atom. The zero-order valence-electron chi connectivity index (χ0n) is 6.64. The van der Waals surface area contributed by atoms with Crippen LogP contribution in [0, 0.1) is 6.57 Å². The molecule has 1 aromatic carbocycles. The Kier molecular flexibility index (Phi) is 2.66. The van der Waals surface area contributed by atoms with Gasteiger partial charge in [-0.2, -0.15) is 0 Å². The number of rotatable bonds is 2. The summed E-state index contributed by atoms with van der Waals surface area (Å²) in [6, 6.07) is 5.41. The number of aliphatic hydroxyl groups is 1. The van der Waals surface area contributed by atoms with E-state index in [0.717, 1.165) is 0 Å². The lowest BCUT2D eigenvalue weighted by atomic mass is 10.3. The van der Waals surface area contributed by atoms with Crippen LogP contribution in [0.15, 0.2) is 29.2 Å². The molecule has 0 unspecified atom stereocenters. The van der Waals surface area contributed by atoms with E-state index in [1.807, 2.05) is 0 Å². The van der Waals surface area contributed by atoms with Gasteiger partial charge in [0.25, 0.3) is 0 Å². The molecule has 13 heavy (non-hydrogen) atoms. The zero-order chi connectivity index (χ0) is 9.90. The van der Waals surface area contributed by atoms with Gasteiger partial charge in [0.1, 0.15) is 5.94 Å². The fourth-order valence-corrected chi connectivity index (χ4v) is 1.50. The molecule has 0 radical (unpaired) electrons. The molecule has 0 fully saturated rings. The van der Waals surface area contributed by atoms with Crippen molar-refractivity contribution in [3.8, 4) is 0 Å². The van der Waals surface area contributed by atoms with Crippen molar-refractivity contribution in [3.63, 3.8) is 0 Å². The van der Waals surface area contributed by atoms with E-state index < -0.39 is 15.8 Å². The van der Waals surface area contributed by atoms with E-state index in [-0.39, 0.29) is 4.90 Å². The normalized spacial score (nSPS) is 10.8. The van der Waals surface area contributed by atoms with Crippen molar-refractivity contribution in [3.05, 3.63) is 35.7 Å². The van der Waals surface area contributed by atoms with Gasteiger partial charge >= 0.3 is 0 Å². The first-order valence-electron chi connectivity index (χ1n) is 3.41. The Bertz CT molecular complexity index is 427. The van der Waals surface area contributed by atoms with Gasteiger partial charge in [-0.1, -0.05) is 24.3 Å². The highest BCUT2D eigenvalue weighted by atomic mass is 32.2. The van der Waals surface area contributed by atoms with Crippen LogP contribution in [0.5, 0.6) is 0 Å². The van der Waals surface area contributed by atoms with Gasteiger partial charge in [0, 0.05) is 0 Å². The van der Waals surface area contributed by atoms with Gasteiger partial charge in [0.2, 0.25) is 9.84 Å². The number of hydrogen-bond acceptors (Lipinski definition) is 3. The van der Waals surface area contributed by atoms with Crippen molar-refractivity contribution >= 4 is 15.5 Å². The summed E-state index contributed by atoms with van der Waals surface area (Å²) < 4.78 is 22.1. The maximum absolute atomic E-state index is 11.1. The van der Waals surface area contributed by atoms with Crippen LogP contribution >= 0.6 is 0 Å². The summed E-state index contributed by atoms with van der Waals surface area (Å²) in [5, 5.41) is 8.53. The predicted octanol–water partition coefficient (Wildman–Crippen LogP) is 0.961. The molecular formula is C8H7NO3S. The first kappa shape index (κ1) is 9.71. The van der Waals surface area contributed by atoms with E-state index >= 15 is 0 Å². The smallest absolute Gasteiger partial charge is 0.201 e. The third-order valence-corrected chi connectivity index (χ3v) is 2.83. The number of aliphatic hydroxyl groups excluding tert-OH is 1. The average molecular weight is 197 g/mol. The van der Waals surface area contributed by atoms with E-state index in [1.165, 1.54) is 24.3 Å². The summed E-state index contributed by atoms with van der Waals surface area (Å²) in [6.07, 6.45) is 0. The first-order chi connectivity index (χ1) is 6.10. The monoisotopic (exact) mass is 197 g/mol. The second-order valence-electron chi connectivity index (χ2n) is 2.35. The third kappa shape index (κ3) is 2.05. The first-order valence-corrected chi connectivity index (χ1v) is 5.06. The van der Waals surface area contributed by atoms with E-state index in [2.05, 4.69) is 4.85 Å². The molecular weight excluding hydrogens is 190 g/mol. The molecule has 1 N–H and O–H groups in total. The molecule has 0 heterocycles. The molecule has 0 atom stereocenters. The molecule has 0 aliphatic heterocycles. The van der Waals surface area contributed by atoms with Gasteiger partial charge in [-0.3, -0.25) is 0 Å². The molecule has 0 bridgehead atoms. The van der Waals surface area contributed by atoms with Gasteiger partial charge in [-0.05, 0) is 0 Å². The zero-order valence-corrected chi connectivity index (χ0v) is 7.45. The number of nitrogens with zero attached hydrogens (tertiary/aromatic N) is 1. The minimum atomic E-state index is -3.57. The molecule has 68 valence electrons. The highest BCUT2D eigenvalue weighted by Gasteiger charge is 2.11. The summed E-state index contributed by atoms with van der Waals surface area (Å²) in [5.74, 6) is -0.912. The molecule has 0 aromatic heterocycles. The topological polar surface area (TPSA) is 58.7 Å². The summed E-state index contributed by atoms with van der Waals surface area (Å²) in [5.41, 5.74) is 0.372. The van der Waals surface area contributed by atoms with Crippen molar-refractivity contribution in [2.24, 2.45) is 0 Å². The van der Waals surface area contributed by atoms with E-state index in [1.54, 1.807) is 0 Å². The number of hydrogen-bond donors (Lipinski definition) is 1. The van der Waals surface area contributed by atoms with Gasteiger partial charge in [-0.15, -0.1) is 0 Å². The van der Waals surface area contributed by atoms with Crippen LogP contribution in [0.3, 0.4) is 0 Å². The molecule has 1 rings (SSSR count). The largest absolute Gasteiger partial charge is 0.380 e. The predicted molar refractivity (Wildman–Crippen MR) is 47.0 cm³/mol. The summed E-state index contributed by atoms with van der Waals surface area (Å²) >= 11 is 0. The van der Waals surface area contributed by atoms with Crippen LogP contribution in [0.2, 0.25) is 0 Å². The van der Waals surface area contributed by atoms with E-state index in [0.29, 0.717) is 5.69 Å². The second-order valence-corrected chi connectivity index (χ2v) is 4.31. The van der Waals surface area contributed by atoms with Gasteiger partial charge in [-0.25, -0.2) is 13.3 Å². The third-order valence-electron chi connectivity index (χ3n) is 1.49. The Hall–Kier alpha value is -1.38. The lowest BCUT2D eigenvalue weighted by Gasteiger charge is -1.99. The molecule has 0 aliphatic rings. The molecule has 0 saturated heterocycles. The fraction of sp³-hybridized carbons (Fsp3) is 0.125. The molecule has 4 nitrogen and oxygen atoms in total. The maximum atomic E-state index is 11.1. The van der Waals surface area contributed by atoms with Crippen molar-refractivity contribution in [1.82, 2.24) is 0 Å². The van der Waals surface area contributed by atoms with Gasteiger partial charge < -0.3 is 5.11 Å². The van der Waals surface area contributed by atoms with Crippen LogP contribution in [0.4, 0.5) is 5.69 Å². The van der Waals surface area contributed by atoms with Crippen molar-refractivity contribution < 1.29 is 13.5 Å². The lowest BCUT2D eigenvalue weighted by molar-refractivity contribution is 0.358. The quantitative estimate of drug-likeness (QED) is 0.718. The molecule has 0 aliphatic carbocycles. The minimum Gasteiger partial charge on any atom is -0.380 e. The van der Waals surface area contributed by atoms with Gasteiger partial charge in [0.05, 0.1) is 11.5 Å². The maximum Gasteiger partial charge on any atom is 0.201 e. The van der Waals surface area contributed by atoms with Crippen LogP contribution < -0.4 is 0 Å². The minimum absolute atomic E-state index is 0.0300. The summed E-state index contributed by atoms with van der Waals surface area (Å²) in [4.78, 5) is 3.14. The van der Waals surface area contributed by atoms with Crippen LogP contribution in [-0.2, 0) is 9.84 Å². The Labute approximate surface area is 76.2 Å². The fourth-order valence-electron chi connectivity index (χ4n) is 0.803. The molecule has 0 amide bonds. The SMILES string of the molecule is [C-]#[N+]c1ccc(S(=O)(=O)CO)cc1. The molecule has 0 spiro atoms. The second kappa shape index (κ2) is 3.56.